The van der Waals surface area contributed by atoms with E-state index < -0.39 is 0 Å². The normalized spacial score (nSPS) is 16.7. The average Bonchev–Trinajstić information content (AvgIpc) is 2.75. The second-order valence-electron chi connectivity index (χ2n) is 4.97. The van der Waals surface area contributed by atoms with Gasteiger partial charge in [0.2, 0.25) is 0 Å². The standard InChI is InChI=1S/C14H18N2/c1-8(15)14-9(2)16-13-7-11-5-3-4-10(11)6-12(13)14/h6-8,16H,3-5,15H2,1-2H3. The molecule has 2 heteroatoms. The Balaban J connectivity index is 2.31. The Hall–Kier alpha value is -1.28. The molecule has 3 N–H and O–H groups in total. The predicted molar refractivity (Wildman–Crippen MR) is 67.7 cm³/mol. The number of hydrogen-bond acceptors (Lipinski definition) is 1. The molecule has 84 valence electrons. The van der Waals surface area contributed by atoms with E-state index in [1.165, 1.54) is 52.5 Å². The molecule has 1 aliphatic rings. The van der Waals surface area contributed by atoms with E-state index in [2.05, 4.69) is 31.0 Å². The van der Waals surface area contributed by atoms with Crippen LogP contribution in [0.2, 0.25) is 0 Å². The van der Waals surface area contributed by atoms with Crippen LogP contribution in [0.1, 0.15) is 41.8 Å². The quantitative estimate of drug-likeness (QED) is 0.753. The summed E-state index contributed by atoms with van der Waals surface area (Å²) in [6.07, 6.45) is 3.76. The SMILES string of the molecule is Cc1[nH]c2cc3c(cc2c1C(C)N)CCC3. The summed E-state index contributed by atoms with van der Waals surface area (Å²) in [6.45, 7) is 4.17. The fraction of sp³-hybridized carbons (Fsp3) is 0.429. The predicted octanol–water partition coefficient (Wildman–Crippen LogP) is 2.98. The molecule has 0 aliphatic heterocycles. The summed E-state index contributed by atoms with van der Waals surface area (Å²) in [5.41, 5.74) is 12.8. The monoisotopic (exact) mass is 214 g/mol. The highest BCUT2D eigenvalue weighted by molar-refractivity contribution is 5.86. The van der Waals surface area contributed by atoms with Crippen molar-refractivity contribution in [1.29, 1.82) is 0 Å². The molecule has 16 heavy (non-hydrogen) atoms. The van der Waals surface area contributed by atoms with Crippen LogP contribution in [0.25, 0.3) is 10.9 Å². The third-order valence-electron chi connectivity index (χ3n) is 3.70. The molecule has 0 amide bonds. The lowest BCUT2D eigenvalue weighted by molar-refractivity contribution is 0.816. The van der Waals surface area contributed by atoms with E-state index in [-0.39, 0.29) is 6.04 Å². The van der Waals surface area contributed by atoms with Gasteiger partial charge in [-0.3, -0.25) is 0 Å². The number of nitrogens with one attached hydrogen (secondary N) is 1. The third kappa shape index (κ3) is 1.30. The van der Waals surface area contributed by atoms with Crippen LogP contribution in [-0.4, -0.2) is 4.98 Å². The molecule has 1 aliphatic carbocycles. The van der Waals surface area contributed by atoms with Gasteiger partial charge in [-0.1, -0.05) is 0 Å². The summed E-state index contributed by atoms with van der Waals surface area (Å²) < 4.78 is 0. The Labute approximate surface area is 95.8 Å². The average molecular weight is 214 g/mol. The first-order chi connectivity index (χ1) is 7.66. The van der Waals surface area contributed by atoms with Crippen LogP contribution >= 0.6 is 0 Å². The van der Waals surface area contributed by atoms with Crippen LogP contribution in [0.3, 0.4) is 0 Å². The van der Waals surface area contributed by atoms with E-state index in [4.69, 9.17) is 5.73 Å². The van der Waals surface area contributed by atoms with Crippen LogP contribution in [0.4, 0.5) is 0 Å². The topological polar surface area (TPSA) is 41.8 Å². The maximum atomic E-state index is 6.05. The molecule has 0 saturated carbocycles. The van der Waals surface area contributed by atoms with Crippen molar-refractivity contribution in [3.63, 3.8) is 0 Å². The molecule has 1 heterocycles. The van der Waals surface area contributed by atoms with Gasteiger partial charge in [0, 0.05) is 22.6 Å². The highest BCUT2D eigenvalue weighted by Crippen LogP contribution is 2.32. The number of H-pyrrole nitrogens is 1. The first-order valence-electron chi connectivity index (χ1n) is 6.06. The van der Waals surface area contributed by atoms with Crippen molar-refractivity contribution in [2.75, 3.05) is 0 Å². The lowest BCUT2D eigenvalue weighted by Crippen LogP contribution is -2.05. The summed E-state index contributed by atoms with van der Waals surface area (Å²) in [6, 6.07) is 4.77. The van der Waals surface area contributed by atoms with Crippen molar-refractivity contribution in [2.45, 2.75) is 39.2 Å². The van der Waals surface area contributed by atoms with Gasteiger partial charge in [-0.05, 0) is 61.9 Å². The number of aromatic amines is 1. The third-order valence-corrected chi connectivity index (χ3v) is 3.70. The molecule has 0 saturated heterocycles. The molecule has 1 atom stereocenters. The molecule has 1 aromatic carbocycles. The van der Waals surface area contributed by atoms with E-state index in [1.54, 1.807) is 0 Å². The molecule has 0 spiro atoms. The first kappa shape index (κ1) is 9.91. The number of hydrogen-bond donors (Lipinski definition) is 2. The van der Waals surface area contributed by atoms with Gasteiger partial charge in [0.15, 0.2) is 0 Å². The second kappa shape index (κ2) is 3.36. The lowest BCUT2D eigenvalue weighted by atomic mass is 10.0. The van der Waals surface area contributed by atoms with Gasteiger partial charge in [0.05, 0.1) is 0 Å². The maximum absolute atomic E-state index is 6.05. The molecular formula is C14H18N2. The molecule has 3 rings (SSSR count). The number of benzene rings is 1. The molecule has 0 bridgehead atoms. The van der Waals surface area contributed by atoms with Gasteiger partial charge in [-0.15, -0.1) is 0 Å². The van der Waals surface area contributed by atoms with E-state index in [9.17, 15) is 0 Å². The zero-order valence-electron chi connectivity index (χ0n) is 9.93. The van der Waals surface area contributed by atoms with E-state index in [0.29, 0.717) is 0 Å². The van der Waals surface area contributed by atoms with Crippen molar-refractivity contribution >= 4 is 10.9 Å². The van der Waals surface area contributed by atoms with Crippen LogP contribution in [0, 0.1) is 6.92 Å². The molecule has 2 nitrogen and oxygen atoms in total. The van der Waals surface area contributed by atoms with Gasteiger partial charge in [0.25, 0.3) is 0 Å². The Bertz CT molecular complexity index is 549. The number of fused-ring (bicyclic) bond motifs is 2. The summed E-state index contributed by atoms with van der Waals surface area (Å²) in [4.78, 5) is 3.46. The van der Waals surface area contributed by atoms with Crippen LogP contribution < -0.4 is 5.73 Å². The second-order valence-corrected chi connectivity index (χ2v) is 4.97. The zero-order valence-corrected chi connectivity index (χ0v) is 9.93. The van der Waals surface area contributed by atoms with Gasteiger partial charge < -0.3 is 10.7 Å². The first-order valence-corrected chi connectivity index (χ1v) is 6.06. The summed E-state index contributed by atoms with van der Waals surface area (Å²) in [5, 5.41) is 1.33. The van der Waals surface area contributed by atoms with E-state index in [0.717, 1.165) is 0 Å². The maximum Gasteiger partial charge on any atom is 0.0462 e. The summed E-state index contributed by atoms with van der Waals surface area (Å²) in [7, 11) is 0. The largest absolute Gasteiger partial charge is 0.358 e. The lowest BCUT2D eigenvalue weighted by Gasteiger charge is -2.06. The van der Waals surface area contributed by atoms with E-state index >= 15 is 0 Å². The van der Waals surface area contributed by atoms with Crippen molar-refractivity contribution in [2.24, 2.45) is 5.73 Å². The number of aryl methyl sites for hydroxylation is 3. The Morgan fingerprint density at radius 1 is 1.25 bits per heavy atom. The zero-order chi connectivity index (χ0) is 11.3. The molecule has 1 unspecified atom stereocenters. The van der Waals surface area contributed by atoms with Gasteiger partial charge in [-0.25, -0.2) is 0 Å². The fourth-order valence-electron chi connectivity index (χ4n) is 3.01. The van der Waals surface area contributed by atoms with Crippen molar-refractivity contribution < 1.29 is 0 Å². The van der Waals surface area contributed by atoms with Crippen molar-refractivity contribution in [3.05, 3.63) is 34.5 Å². The fourth-order valence-corrected chi connectivity index (χ4v) is 3.01. The van der Waals surface area contributed by atoms with Crippen LogP contribution in [0.5, 0.6) is 0 Å². The van der Waals surface area contributed by atoms with Gasteiger partial charge >= 0.3 is 0 Å². The number of nitrogens with two attached hydrogens (primary N) is 1. The van der Waals surface area contributed by atoms with Crippen LogP contribution in [-0.2, 0) is 12.8 Å². The molecule has 2 aromatic rings. The van der Waals surface area contributed by atoms with Gasteiger partial charge in [0.1, 0.15) is 0 Å². The van der Waals surface area contributed by atoms with Crippen molar-refractivity contribution in [1.82, 2.24) is 4.98 Å². The Kier molecular flexibility index (Phi) is 2.08. The minimum atomic E-state index is 0.105. The Morgan fingerprint density at radius 2 is 1.94 bits per heavy atom. The highest BCUT2D eigenvalue weighted by atomic mass is 14.7. The minimum Gasteiger partial charge on any atom is -0.358 e. The molecule has 1 aromatic heterocycles. The molecule has 0 fully saturated rings. The number of rotatable bonds is 1. The van der Waals surface area contributed by atoms with Crippen molar-refractivity contribution in [3.8, 4) is 0 Å². The Morgan fingerprint density at radius 3 is 2.62 bits per heavy atom. The summed E-state index contributed by atoms with van der Waals surface area (Å²) in [5.74, 6) is 0. The van der Waals surface area contributed by atoms with Gasteiger partial charge in [-0.2, -0.15) is 0 Å². The molecular weight excluding hydrogens is 196 g/mol. The number of aromatic nitrogens is 1. The molecule has 0 radical (unpaired) electrons. The summed E-state index contributed by atoms with van der Waals surface area (Å²) >= 11 is 0. The van der Waals surface area contributed by atoms with E-state index in [1.807, 2.05) is 0 Å². The highest BCUT2D eigenvalue weighted by Gasteiger charge is 2.17. The van der Waals surface area contributed by atoms with Crippen LogP contribution in [0.15, 0.2) is 12.1 Å². The minimum absolute atomic E-state index is 0.105. The smallest absolute Gasteiger partial charge is 0.0462 e.